The molecule has 4 heterocycles. The Balaban J connectivity index is 1.68. The molecule has 4 fully saturated rings. The van der Waals surface area contributed by atoms with Gasteiger partial charge in [0, 0.05) is 12.0 Å². The second-order valence-electron chi connectivity index (χ2n) is 7.23. The highest BCUT2D eigenvalue weighted by atomic mass is 16.2. The van der Waals surface area contributed by atoms with Crippen molar-refractivity contribution >= 4 is 5.91 Å². The summed E-state index contributed by atoms with van der Waals surface area (Å²) in [5.41, 5.74) is -0.165. The number of nitrogens with one attached hydrogen (secondary N) is 2. The van der Waals surface area contributed by atoms with Crippen LogP contribution >= 0.6 is 0 Å². The number of amides is 1. The molecule has 1 amide bonds. The Kier molecular flexibility index (Phi) is 3.34. The highest BCUT2D eigenvalue weighted by Crippen LogP contribution is 2.37. The molecule has 4 aliphatic rings. The Morgan fingerprint density at radius 2 is 1.84 bits per heavy atom. The van der Waals surface area contributed by atoms with Crippen LogP contribution in [0, 0.1) is 11.3 Å². The van der Waals surface area contributed by atoms with Crippen LogP contribution < -0.4 is 10.6 Å². The molecule has 1 atom stereocenters. The standard InChI is InChI=1S/C15H27N3O/c1-14(5-7-16-8-6-14)13(19)17-15(2)11-18-9-3-12(15)4-10-18/h12,16H,3-11H2,1-2H3,(H,17,19). The molecule has 0 saturated carbocycles. The van der Waals surface area contributed by atoms with Gasteiger partial charge in [-0.2, -0.15) is 0 Å². The van der Waals surface area contributed by atoms with Crippen LogP contribution in [0.1, 0.15) is 39.5 Å². The fraction of sp³-hybridized carbons (Fsp3) is 0.933. The predicted molar refractivity (Wildman–Crippen MR) is 75.9 cm³/mol. The maximum Gasteiger partial charge on any atom is 0.226 e. The van der Waals surface area contributed by atoms with E-state index >= 15 is 0 Å². The molecule has 1 unspecified atom stereocenters. The monoisotopic (exact) mass is 265 g/mol. The van der Waals surface area contributed by atoms with Gasteiger partial charge < -0.3 is 15.5 Å². The van der Waals surface area contributed by atoms with E-state index in [9.17, 15) is 4.79 Å². The van der Waals surface area contributed by atoms with Gasteiger partial charge in [-0.05, 0) is 64.7 Å². The smallest absolute Gasteiger partial charge is 0.226 e. The largest absolute Gasteiger partial charge is 0.349 e. The van der Waals surface area contributed by atoms with Crippen LogP contribution in [0.3, 0.4) is 0 Å². The van der Waals surface area contributed by atoms with Gasteiger partial charge in [0.1, 0.15) is 0 Å². The highest BCUT2D eigenvalue weighted by Gasteiger charge is 2.46. The number of nitrogens with zero attached hydrogens (tertiary/aromatic N) is 1. The van der Waals surface area contributed by atoms with E-state index in [1.807, 2.05) is 0 Å². The molecular weight excluding hydrogens is 238 g/mol. The first-order valence-corrected chi connectivity index (χ1v) is 7.78. The molecule has 0 aliphatic carbocycles. The molecule has 0 radical (unpaired) electrons. The number of fused-ring (bicyclic) bond motifs is 3. The van der Waals surface area contributed by atoms with Crippen molar-refractivity contribution in [2.45, 2.75) is 45.1 Å². The minimum Gasteiger partial charge on any atom is -0.349 e. The van der Waals surface area contributed by atoms with Crippen molar-refractivity contribution in [1.29, 1.82) is 0 Å². The van der Waals surface area contributed by atoms with Gasteiger partial charge in [-0.15, -0.1) is 0 Å². The van der Waals surface area contributed by atoms with Crippen LogP contribution in [-0.2, 0) is 4.79 Å². The quantitative estimate of drug-likeness (QED) is 0.782. The van der Waals surface area contributed by atoms with E-state index in [2.05, 4.69) is 29.4 Å². The topological polar surface area (TPSA) is 44.4 Å². The Bertz CT molecular complexity index is 356. The second kappa shape index (κ2) is 4.74. The van der Waals surface area contributed by atoms with Crippen LogP contribution in [0.5, 0.6) is 0 Å². The molecule has 0 aromatic heterocycles. The zero-order valence-corrected chi connectivity index (χ0v) is 12.3. The summed E-state index contributed by atoms with van der Waals surface area (Å²) in [5.74, 6) is 0.956. The highest BCUT2D eigenvalue weighted by molar-refractivity contribution is 5.83. The van der Waals surface area contributed by atoms with Gasteiger partial charge >= 0.3 is 0 Å². The van der Waals surface area contributed by atoms with E-state index in [1.54, 1.807) is 0 Å². The molecule has 0 aromatic carbocycles. The van der Waals surface area contributed by atoms with Gasteiger partial charge in [0.2, 0.25) is 5.91 Å². The Morgan fingerprint density at radius 3 is 2.37 bits per heavy atom. The summed E-state index contributed by atoms with van der Waals surface area (Å²) < 4.78 is 0. The Morgan fingerprint density at radius 1 is 1.21 bits per heavy atom. The van der Waals surface area contributed by atoms with Gasteiger partial charge in [0.05, 0.1) is 5.54 Å². The molecule has 19 heavy (non-hydrogen) atoms. The molecule has 2 N–H and O–H groups in total. The van der Waals surface area contributed by atoms with E-state index in [4.69, 9.17) is 0 Å². The first-order chi connectivity index (χ1) is 9.02. The van der Waals surface area contributed by atoms with Gasteiger partial charge in [-0.3, -0.25) is 4.79 Å². The number of rotatable bonds is 2. The van der Waals surface area contributed by atoms with E-state index in [1.165, 1.54) is 25.9 Å². The molecule has 0 aromatic rings. The lowest BCUT2D eigenvalue weighted by atomic mass is 9.72. The van der Waals surface area contributed by atoms with Crippen LogP contribution in [0.15, 0.2) is 0 Å². The van der Waals surface area contributed by atoms with E-state index in [-0.39, 0.29) is 16.9 Å². The third-order valence-electron chi connectivity index (χ3n) is 5.70. The van der Waals surface area contributed by atoms with Gasteiger partial charge in [0.15, 0.2) is 0 Å². The minimum absolute atomic E-state index is 0.00146. The average Bonchev–Trinajstić information content (AvgIpc) is 2.40. The molecule has 4 nitrogen and oxygen atoms in total. The zero-order valence-electron chi connectivity index (χ0n) is 12.3. The van der Waals surface area contributed by atoms with Crippen LogP contribution in [0.4, 0.5) is 0 Å². The van der Waals surface area contributed by atoms with Crippen LogP contribution in [0.2, 0.25) is 0 Å². The minimum atomic E-state index is -0.166. The summed E-state index contributed by atoms with van der Waals surface area (Å²) in [6.07, 6.45) is 4.41. The Labute approximate surface area is 116 Å². The fourth-order valence-corrected chi connectivity index (χ4v) is 4.08. The van der Waals surface area contributed by atoms with Crippen molar-refractivity contribution in [1.82, 2.24) is 15.5 Å². The van der Waals surface area contributed by atoms with Crippen LogP contribution in [0.25, 0.3) is 0 Å². The summed E-state index contributed by atoms with van der Waals surface area (Å²) in [6, 6.07) is 0. The normalized spacial score (nSPS) is 40.9. The number of hydrogen-bond donors (Lipinski definition) is 2. The average molecular weight is 265 g/mol. The number of carbonyl (C=O) groups excluding carboxylic acids is 1. The molecule has 2 bridgehead atoms. The third kappa shape index (κ3) is 2.40. The molecular formula is C15H27N3O. The molecule has 4 aliphatic heterocycles. The second-order valence-corrected chi connectivity index (χ2v) is 7.23. The molecule has 0 spiro atoms. The zero-order chi connectivity index (χ0) is 13.5. The number of carbonyl (C=O) groups is 1. The summed E-state index contributed by atoms with van der Waals surface area (Å²) in [7, 11) is 0. The van der Waals surface area contributed by atoms with Crippen molar-refractivity contribution in [3.63, 3.8) is 0 Å². The van der Waals surface area contributed by atoms with Crippen LogP contribution in [-0.4, -0.2) is 49.1 Å². The SMILES string of the molecule is CC1(C(=O)NC2(C)CN3CCC2CC3)CCNCC1. The van der Waals surface area contributed by atoms with Crippen molar-refractivity contribution in [2.24, 2.45) is 11.3 Å². The lowest BCUT2D eigenvalue weighted by Gasteiger charge is -2.53. The number of hydrogen-bond acceptors (Lipinski definition) is 3. The molecule has 4 saturated heterocycles. The predicted octanol–water partition coefficient (Wildman–Crippen LogP) is 0.977. The maximum atomic E-state index is 12.7. The van der Waals surface area contributed by atoms with Crippen molar-refractivity contribution in [3.05, 3.63) is 0 Å². The molecule has 108 valence electrons. The Hall–Kier alpha value is -0.610. The molecule has 4 rings (SSSR count). The summed E-state index contributed by atoms with van der Waals surface area (Å²) in [4.78, 5) is 15.2. The number of piperidine rings is 4. The fourth-order valence-electron chi connectivity index (χ4n) is 4.08. The third-order valence-corrected chi connectivity index (χ3v) is 5.70. The first-order valence-electron chi connectivity index (χ1n) is 7.78. The van der Waals surface area contributed by atoms with E-state index < -0.39 is 0 Å². The van der Waals surface area contributed by atoms with Gasteiger partial charge in [0.25, 0.3) is 0 Å². The maximum absolute atomic E-state index is 12.7. The summed E-state index contributed by atoms with van der Waals surface area (Å²) >= 11 is 0. The van der Waals surface area contributed by atoms with E-state index in [0.717, 1.165) is 32.5 Å². The lowest BCUT2D eigenvalue weighted by Crippen LogP contribution is -2.67. The van der Waals surface area contributed by atoms with Crippen molar-refractivity contribution in [3.8, 4) is 0 Å². The first kappa shape index (κ1) is 13.4. The van der Waals surface area contributed by atoms with Gasteiger partial charge in [-0.25, -0.2) is 0 Å². The van der Waals surface area contributed by atoms with Gasteiger partial charge in [-0.1, -0.05) is 6.92 Å². The van der Waals surface area contributed by atoms with Crippen molar-refractivity contribution < 1.29 is 4.79 Å². The van der Waals surface area contributed by atoms with Crippen molar-refractivity contribution in [2.75, 3.05) is 32.7 Å². The summed E-state index contributed by atoms with van der Waals surface area (Å²) in [5, 5.41) is 6.78. The lowest BCUT2D eigenvalue weighted by molar-refractivity contribution is -0.136. The molecule has 4 heteroatoms. The summed E-state index contributed by atoms with van der Waals surface area (Å²) in [6.45, 7) is 9.80. The van der Waals surface area contributed by atoms with E-state index in [0.29, 0.717) is 5.92 Å².